The SMILES string of the molecule is CCN(CC)CCNC(=O)N1CCC(Oc2cccc(C)c2)C1.O=C(O)C(=O)O.O=C(O)C(=O)O. The first-order valence-corrected chi connectivity index (χ1v) is 10.8. The maximum absolute atomic E-state index is 12.2. The zero-order valence-electron chi connectivity index (χ0n) is 20.0. The number of urea groups is 1. The van der Waals surface area contributed by atoms with Crippen molar-refractivity contribution >= 4 is 29.9 Å². The molecule has 1 aliphatic rings. The number of nitrogens with zero attached hydrogens (tertiary/aromatic N) is 2. The fourth-order valence-corrected chi connectivity index (χ4v) is 2.86. The molecule has 35 heavy (non-hydrogen) atoms. The Morgan fingerprint density at radius 1 is 1.00 bits per heavy atom. The molecule has 1 aliphatic heterocycles. The van der Waals surface area contributed by atoms with Gasteiger partial charge in [-0.05, 0) is 37.7 Å². The predicted molar refractivity (Wildman–Crippen MR) is 124 cm³/mol. The Bertz CT molecular complexity index is 810. The fourth-order valence-electron chi connectivity index (χ4n) is 2.86. The number of aliphatic carboxylic acids is 4. The Labute approximate surface area is 202 Å². The van der Waals surface area contributed by atoms with Gasteiger partial charge in [0, 0.05) is 26.1 Å². The quantitative estimate of drug-likeness (QED) is 0.333. The average Bonchev–Trinajstić information content (AvgIpc) is 3.26. The molecule has 0 saturated carbocycles. The van der Waals surface area contributed by atoms with Gasteiger partial charge in [0.25, 0.3) is 0 Å². The molecule has 0 spiro atoms. The monoisotopic (exact) mass is 499 g/mol. The van der Waals surface area contributed by atoms with Gasteiger partial charge < -0.3 is 40.3 Å². The lowest BCUT2D eigenvalue weighted by Gasteiger charge is -2.21. The smallest absolute Gasteiger partial charge is 0.414 e. The summed E-state index contributed by atoms with van der Waals surface area (Å²) in [6, 6.07) is 8.08. The minimum absolute atomic E-state index is 0.0208. The third-order valence-corrected chi connectivity index (χ3v) is 4.69. The molecular weight excluding hydrogens is 466 g/mol. The Kier molecular flexibility index (Phi) is 14.9. The highest BCUT2D eigenvalue weighted by molar-refractivity contribution is 6.27. The highest BCUT2D eigenvalue weighted by Gasteiger charge is 2.27. The van der Waals surface area contributed by atoms with E-state index in [-0.39, 0.29) is 12.1 Å². The van der Waals surface area contributed by atoms with Crippen molar-refractivity contribution in [2.24, 2.45) is 0 Å². The third-order valence-electron chi connectivity index (χ3n) is 4.69. The van der Waals surface area contributed by atoms with Crippen LogP contribution in [-0.2, 0) is 19.2 Å². The van der Waals surface area contributed by atoms with Crippen LogP contribution >= 0.6 is 0 Å². The number of nitrogens with one attached hydrogen (secondary N) is 1. The number of aryl methyl sites for hydroxylation is 1. The van der Waals surface area contributed by atoms with Gasteiger partial charge >= 0.3 is 29.9 Å². The summed E-state index contributed by atoms with van der Waals surface area (Å²) in [6.07, 6.45) is 0.975. The van der Waals surface area contributed by atoms with Crippen LogP contribution in [0.5, 0.6) is 5.75 Å². The second-order valence-electron chi connectivity index (χ2n) is 7.27. The van der Waals surface area contributed by atoms with E-state index in [4.69, 9.17) is 44.3 Å². The fraction of sp³-hybridized carbons (Fsp3) is 0.500. The first-order chi connectivity index (χ1) is 16.4. The normalized spacial score (nSPS) is 14.1. The summed E-state index contributed by atoms with van der Waals surface area (Å²) in [6.45, 7) is 11.4. The largest absolute Gasteiger partial charge is 0.489 e. The topological polar surface area (TPSA) is 194 Å². The first kappa shape index (κ1) is 31.1. The highest BCUT2D eigenvalue weighted by Crippen LogP contribution is 2.19. The van der Waals surface area contributed by atoms with Crippen LogP contribution in [0.1, 0.15) is 25.8 Å². The van der Waals surface area contributed by atoms with E-state index in [9.17, 15) is 4.79 Å². The van der Waals surface area contributed by atoms with Gasteiger partial charge in [0.1, 0.15) is 11.9 Å². The van der Waals surface area contributed by atoms with Gasteiger partial charge in [-0.15, -0.1) is 0 Å². The van der Waals surface area contributed by atoms with Crippen LogP contribution in [0.4, 0.5) is 4.79 Å². The van der Waals surface area contributed by atoms with E-state index in [1.165, 1.54) is 5.56 Å². The number of ether oxygens (including phenoxy) is 1. The lowest BCUT2D eigenvalue weighted by Crippen LogP contribution is -2.42. The Morgan fingerprint density at radius 2 is 1.54 bits per heavy atom. The summed E-state index contributed by atoms with van der Waals surface area (Å²) in [5.74, 6) is -6.41. The van der Waals surface area contributed by atoms with Crippen molar-refractivity contribution in [2.45, 2.75) is 33.3 Å². The molecule has 1 heterocycles. The number of rotatable bonds is 7. The predicted octanol–water partition coefficient (Wildman–Crippen LogP) is 0.811. The van der Waals surface area contributed by atoms with Gasteiger partial charge in [-0.3, -0.25) is 0 Å². The van der Waals surface area contributed by atoms with E-state index in [1.54, 1.807) is 0 Å². The average molecular weight is 500 g/mol. The lowest BCUT2D eigenvalue weighted by atomic mass is 10.2. The van der Waals surface area contributed by atoms with E-state index in [0.29, 0.717) is 13.1 Å². The van der Waals surface area contributed by atoms with Gasteiger partial charge in [0.15, 0.2) is 0 Å². The molecular formula is C22H33N3O10. The third kappa shape index (κ3) is 14.1. The Morgan fingerprint density at radius 3 is 2.00 bits per heavy atom. The summed E-state index contributed by atoms with van der Waals surface area (Å²) in [5, 5.41) is 32.6. The highest BCUT2D eigenvalue weighted by atomic mass is 16.5. The molecule has 0 aliphatic carbocycles. The van der Waals surface area contributed by atoms with Crippen molar-refractivity contribution in [1.29, 1.82) is 0 Å². The molecule has 13 nitrogen and oxygen atoms in total. The van der Waals surface area contributed by atoms with Crippen molar-refractivity contribution in [3.63, 3.8) is 0 Å². The molecule has 0 bridgehead atoms. The van der Waals surface area contributed by atoms with E-state index in [1.807, 2.05) is 23.1 Å². The van der Waals surface area contributed by atoms with E-state index in [2.05, 4.69) is 37.1 Å². The summed E-state index contributed by atoms with van der Waals surface area (Å²) < 4.78 is 5.98. The maximum atomic E-state index is 12.2. The second-order valence-corrected chi connectivity index (χ2v) is 7.27. The lowest BCUT2D eigenvalue weighted by molar-refractivity contribution is -0.159. The van der Waals surface area contributed by atoms with E-state index < -0.39 is 23.9 Å². The summed E-state index contributed by atoms with van der Waals surface area (Å²) in [4.78, 5) is 52.7. The van der Waals surface area contributed by atoms with Crippen molar-refractivity contribution in [1.82, 2.24) is 15.1 Å². The number of amides is 2. The second kappa shape index (κ2) is 16.7. The van der Waals surface area contributed by atoms with Crippen LogP contribution in [0.2, 0.25) is 0 Å². The van der Waals surface area contributed by atoms with Crippen LogP contribution in [0.15, 0.2) is 24.3 Å². The van der Waals surface area contributed by atoms with Crippen LogP contribution in [-0.4, -0.2) is 106 Å². The number of benzene rings is 1. The minimum atomic E-state index is -1.82. The number of carbonyl (C=O) groups excluding carboxylic acids is 1. The molecule has 1 fully saturated rings. The molecule has 1 saturated heterocycles. The molecule has 5 N–H and O–H groups in total. The van der Waals surface area contributed by atoms with Crippen molar-refractivity contribution in [3.05, 3.63) is 29.8 Å². The number of carboxylic acid groups (broad SMARTS) is 4. The Balaban J connectivity index is 0.000000797. The number of hydrogen-bond acceptors (Lipinski definition) is 7. The molecule has 1 unspecified atom stereocenters. The molecule has 196 valence electrons. The van der Waals surface area contributed by atoms with Gasteiger partial charge in [-0.25, -0.2) is 24.0 Å². The molecule has 0 radical (unpaired) electrons. The molecule has 1 aromatic carbocycles. The molecule has 1 aromatic rings. The van der Waals surface area contributed by atoms with Crippen molar-refractivity contribution in [2.75, 3.05) is 39.3 Å². The Hall–Kier alpha value is -3.87. The van der Waals surface area contributed by atoms with Gasteiger partial charge in [-0.1, -0.05) is 26.0 Å². The van der Waals surface area contributed by atoms with Crippen LogP contribution in [0, 0.1) is 6.92 Å². The van der Waals surface area contributed by atoms with Gasteiger partial charge in [-0.2, -0.15) is 0 Å². The zero-order chi connectivity index (χ0) is 27.0. The van der Waals surface area contributed by atoms with Crippen molar-refractivity contribution in [3.8, 4) is 5.75 Å². The van der Waals surface area contributed by atoms with Crippen LogP contribution in [0.25, 0.3) is 0 Å². The number of carboxylic acids is 4. The van der Waals surface area contributed by atoms with Crippen LogP contribution < -0.4 is 10.1 Å². The molecule has 13 heteroatoms. The molecule has 2 rings (SSSR count). The number of carbonyl (C=O) groups is 5. The summed E-state index contributed by atoms with van der Waals surface area (Å²) >= 11 is 0. The molecule has 0 aromatic heterocycles. The number of likely N-dealkylation sites (N-methyl/N-ethyl adjacent to an activating group) is 1. The summed E-state index contributed by atoms with van der Waals surface area (Å²) in [5.41, 5.74) is 1.19. The number of hydrogen-bond donors (Lipinski definition) is 5. The first-order valence-electron chi connectivity index (χ1n) is 10.8. The molecule has 1 atom stereocenters. The van der Waals surface area contributed by atoms with Gasteiger partial charge in [0.05, 0.1) is 6.54 Å². The molecule has 2 amide bonds. The minimum Gasteiger partial charge on any atom is -0.489 e. The maximum Gasteiger partial charge on any atom is 0.414 e. The van der Waals surface area contributed by atoms with E-state index in [0.717, 1.165) is 38.3 Å². The summed E-state index contributed by atoms with van der Waals surface area (Å²) in [7, 11) is 0. The number of likely N-dealkylation sites (tertiary alicyclic amines) is 1. The standard InChI is InChI=1S/C18H29N3O2.2C2H2O4/c1-4-20(5-2)12-10-19-18(22)21-11-9-17(14-21)23-16-8-6-7-15(3)13-16;2*3-1(4)2(5)6/h6-8,13,17H,4-5,9-12,14H2,1-3H3,(H,19,22);2*(H,3,4)(H,5,6). The van der Waals surface area contributed by atoms with E-state index >= 15 is 0 Å². The van der Waals surface area contributed by atoms with Crippen LogP contribution in [0.3, 0.4) is 0 Å². The van der Waals surface area contributed by atoms with Gasteiger partial charge in [0.2, 0.25) is 0 Å². The van der Waals surface area contributed by atoms with Crippen molar-refractivity contribution < 1.29 is 49.1 Å². The zero-order valence-corrected chi connectivity index (χ0v) is 20.0.